The summed E-state index contributed by atoms with van der Waals surface area (Å²) in [7, 11) is 0. The van der Waals surface area contributed by atoms with Gasteiger partial charge in [-0.2, -0.15) is 0 Å². The zero-order chi connectivity index (χ0) is 35.9. The second-order valence-electron chi connectivity index (χ2n) is 13.2. The molecule has 2 unspecified atom stereocenters. The third-order valence-corrected chi connectivity index (χ3v) is 7.79. The summed E-state index contributed by atoms with van der Waals surface area (Å²) in [5, 5.41) is 16.7. The van der Waals surface area contributed by atoms with Crippen LogP contribution in [0.1, 0.15) is 82.1 Å². The van der Waals surface area contributed by atoms with E-state index in [4.69, 9.17) is 9.47 Å². The highest BCUT2D eigenvalue weighted by atomic mass is 16.6. The van der Waals surface area contributed by atoms with Crippen LogP contribution in [0.2, 0.25) is 0 Å². The van der Waals surface area contributed by atoms with E-state index >= 15 is 0 Å². The summed E-state index contributed by atoms with van der Waals surface area (Å²) in [6.45, 7) is 10.4. The zero-order valence-corrected chi connectivity index (χ0v) is 29.7. The first kappa shape index (κ1) is 37.6. The third-order valence-electron chi connectivity index (χ3n) is 7.79. The number of aliphatic hydroxyl groups is 1. The van der Waals surface area contributed by atoms with E-state index in [0.717, 1.165) is 47.1 Å². The van der Waals surface area contributed by atoms with E-state index in [0.29, 0.717) is 17.9 Å². The van der Waals surface area contributed by atoms with Crippen LogP contribution in [-0.2, 0) is 9.47 Å². The molecule has 1 aliphatic rings. The average Bonchev–Trinajstić information content (AvgIpc) is 3.38. The highest BCUT2D eigenvalue weighted by molar-refractivity contribution is 5.85. The summed E-state index contributed by atoms with van der Waals surface area (Å²) >= 11 is 0. The van der Waals surface area contributed by atoms with Gasteiger partial charge in [-0.1, -0.05) is 86.8 Å². The van der Waals surface area contributed by atoms with Gasteiger partial charge in [0.25, 0.3) is 0 Å². The number of benzene rings is 3. The molecule has 8 heteroatoms. The molecule has 0 saturated carbocycles. The molecule has 3 aromatic carbocycles. The first-order valence-corrected chi connectivity index (χ1v) is 17.2. The maximum Gasteiger partial charge on any atom is 0.412 e. The molecule has 0 heterocycles. The standard InChI is InChI=1S/C42H49N3O5/c1-6-7-28-45(41(48)49-30-31(2)37-16-12-13-17-38(37)34-14-10-8-9-11-15-34)29-39(46)43-35-24-20-32(21-25-35)18-19-33-22-26-36(27-23-33)44-40(47)50-42(3,4)5/h8-10,12-17,20-27,31,39,43,46H,6-7,11,28-30H2,1-5H3,(H,44,47). The minimum absolute atomic E-state index is 0.0149. The van der Waals surface area contributed by atoms with Gasteiger partial charge in [-0.15, -0.1) is 0 Å². The maximum absolute atomic E-state index is 13.2. The van der Waals surface area contributed by atoms with Crippen LogP contribution in [0.25, 0.3) is 5.57 Å². The molecule has 0 fully saturated rings. The van der Waals surface area contributed by atoms with E-state index in [2.05, 4.69) is 72.8 Å². The van der Waals surface area contributed by atoms with Crippen LogP contribution < -0.4 is 10.6 Å². The smallest absolute Gasteiger partial charge is 0.412 e. The van der Waals surface area contributed by atoms with E-state index < -0.39 is 24.0 Å². The Morgan fingerprint density at radius 3 is 2.26 bits per heavy atom. The van der Waals surface area contributed by atoms with Crippen molar-refractivity contribution in [3.8, 4) is 11.8 Å². The van der Waals surface area contributed by atoms with Crippen LogP contribution >= 0.6 is 0 Å². The summed E-state index contributed by atoms with van der Waals surface area (Å²) in [6.07, 6.45) is 11.2. The average molecular weight is 676 g/mol. The topological polar surface area (TPSA) is 100 Å². The summed E-state index contributed by atoms with van der Waals surface area (Å²) < 4.78 is 11.1. The van der Waals surface area contributed by atoms with Crippen molar-refractivity contribution in [2.24, 2.45) is 0 Å². The van der Waals surface area contributed by atoms with Crippen molar-refractivity contribution in [3.05, 3.63) is 125 Å². The van der Waals surface area contributed by atoms with Gasteiger partial charge >= 0.3 is 12.2 Å². The number of hydrogen-bond donors (Lipinski definition) is 3. The number of rotatable bonds is 12. The van der Waals surface area contributed by atoms with Crippen LogP contribution in [0, 0.1) is 11.8 Å². The highest BCUT2D eigenvalue weighted by Gasteiger charge is 2.21. The lowest BCUT2D eigenvalue weighted by atomic mass is 9.91. The number of nitrogens with zero attached hydrogens (tertiary/aromatic N) is 1. The lowest BCUT2D eigenvalue weighted by molar-refractivity contribution is 0.0635. The molecule has 8 nitrogen and oxygen atoms in total. The Morgan fingerprint density at radius 1 is 0.940 bits per heavy atom. The zero-order valence-electron chi connectivity index (χ0n) is 29.7. The molecular formula is C42H49N3O5. The minimum Gasteiger partial charge on any atom is -0.449 e. The fraction of sp³-hybridized carbons (Fsp3) is 0.333. The Bertz CT molecular complexity index is 1720. The van der Waals surface area contributed by atoms with Gasteiger partial charge in [0.2, 0.25) is 0 Å². The molecule has 1 aliphatic carbocycles. The van der Waals surface area contributed by atoms with E-state index in [1.807, 2.05) is 75.4 Å². The molecule has 2 atom stereocenters. The molecule has 0 bridgehead atoms. The molecule has 4 rings (SSSR count). The Kier molecular flexibility index (Phi) is 13.9. The van der Waals surface area contributed by atoms with Crippen LogP contribution in [0.4, 0.5) is 21.0 Å². The van der Waals surface area contributed by atoms with Crippen LogP contribution in [-0.4, -0.2) is 53.7 Å². The predicted octanol–water partition coefficient (Wildman–Crippen LogP) is 9.11. The number of carbonyl (C=O) groups is 2. The fourth-order valence-electron chi connectivity index (χ4n) is 5.25. The van der Waals surface area contributed by atoms with Gasteiger partial charge in [0.1, 0.15) is 11.8 Å². The lowest BCUT2D eigenvalue weighted by Crippen LogP contribution is -2.41. The Labute approximate surface area is 296 Å². The summed E-state index contributed by atoms with van der Waals surface area (Å²) in [6, 6.07) is 22.8. The van der Waals surface area contributed by atoms with Crippen LogP contribution in [0.3, 0.4) is 0 Å². The van der Waals surface area contributed by atoms with Crippen molar-refractivity contribution in [1.29, 1.82) is 0 Å². The largest absolute Gasteiger partial charge is 0.449 e. The minimum atomic E-state index is -0.995. The molecule has 0 spiro atoms. The third kappa shape index (κ3) is 12.3. The molecule has 0 aliphatic heterocycles. The molecular weight excluding hydrogens is 626 g/mol. The van der Waals surface area contributed by atoms with Gasteiger partial charge in [0.05, 0.1) is 13.2 Å². The molecule has 0 aromatic heterocycles. The van der Waals surface area contributed by atoms with Gasteiger partial charge in [0, 0.05) is 35.0 Å². The van der Waals surface area contributed by atoms with Crippen molar-refractivity contribution in [2.75, 3.05) is 30.3 Å². The number of aliphatic hydroxyl groups excluding tert-OH is 1. The molecule has 2 amide bonds. The van der Waals surface area contributed by atoms with E-state index in [1.54, 1.807) is 17.0 Å². The van der Waals surface area contributed by atoms with E-state index in [-0.39, 0.29) is 19.1 Å². The monoisotopic (exact) mass is 675 g/mol. The Balaban J connectivity index is 1.30. The van der Waals surface area contributed by atoms with Gasteiger partial charge in [-0.25, -0.2) is 9.59 Å². The number of hydrogen-bond acceptors (Lipinski definition) is 6. The van der Waals surface area contributed by atoms with Crippen LogP contribution in [0.15, 0.2) is 103 Å². The van der Waals surface area contributed by atoms with Gasteiger partial charge in [-0.3, -0.25) is 5.32 Å². The van der Waals surface area contributed by atoms with Crippen LogP contribution in [0.5, 0.6) is 0 Å². The van der Waals surface area contributed by atoms with Crippen molar-refractivity contribution in [2.45, 2.75) is 71.6 Å². The Morgan fingerprint density at radius 2 is 1.60 bits per heavy atom. The molecule has 0 radical (unpaired) electrons. The number of anilines is 2. The Hall–Kier alpha value is -5.26. The molecule has 3 N–H and O–H groups in total. The SMILES string of the molecule is CCCCN(CC(O)Nc1ccc(C#Cc2ccc(NC(=O)OC(C)(C)C)cc2)cc1)C(=O)OCC(C)c1ccccc1C1=CCC=CC=C1. The predicted molar refractivity (Wildman–Crippen MR) is 202 cm³/mol. The summed E-state index contributed by atoms with van der Waals surface area (Å²) in [4.78, 5) is 26.8. The number of unbranched alkanes of at least 4 members (excludes halogenated alkanes) is 1. The molecule has 0 saturated heterocycles. The molecule has 50 heavy (non-hydrogen) atoms. The van der Waals surface area contributed by atoms with Gasteiger partial charge < -0.3 is 24.8 Å². The number of ether oxygens (including phenoxy) is 2. The van der Waals surface area contributed by atoms with Gasteiger partial charge in [0.15, 0.2) is 0 Å². The molecule has 3 aromatic rings. The van der Waals surface area contributed by atoms with Crippen molar-refractivity contribution < 1.29 is 24.2 Å². The number of allylic oxidation sites excluding steroid dienone is 6. The second-order valence-corrected chi connectivity index (χ2v) is 13.2. The number of amides is 2. The van der Waals surface area contributed by atoms with E-state index in [9.17, 15) is 14.7 Å². The first-order valence-electron chi connectivity index (χ1n) is 17.2. The summed E-state index contributed by atoms with van der Waals surface area (Å²) in [5.74, 6) is 6.24. The summed E-state index contributed by atoms with van der Waals surface area (Å²) in [5.41, 5.74) is 5.76. The quantitative estimate of drug-likeness (QED) is 0.131. The van der Waals surface area contributed by atoms with Crippen molar-refractivity contribution in [3.63, 3.8) is 0 Å². The van der Waals surface area contributed by atoms with Crippen molar-refractivity contribution >= 4 is 29.1 Å². The first-order chi connectivity index (χ1) is 24.0. The lowest BCUT2D eigenvalue weighted by Gasteiger charge is -2.26. The van der Waals surface area contributed by atoms with Gasteiger partial charge in [-0.05, 0) is 98.8 Å². The normalized spacial score (nSPS) is 13.5. The number of carbonyl (C=O) groups excluding carboxylic acids is 2. The van der Waals surface area contributed by atoms with E-state index in [1.165, 1.54) is 0 Å². The maximum atomic E-state index is 13.2. The highest BCUT2D eigenvalue weighted by Crippen LogP contribution is 2.28. The fourth-order valence-corrected chi connectivity index (χ4v) is 5.25. The molecule has 262 valence electrons. The number of nitrogens with one attached hydrogen (secondary N) is 2. The second kappa shape index (κ2) is 18.5. The van der Waals surface area contributed by atoms with Crippen molar-refractivity contribution in [1.82, 2.24) is 4.90 Å².